The average Bonchev–Trinajstić information content (AvgIpc) is 2.29. The number of likely N-dealkylation sites (tertiary alicyclic amines) is 1. The van der Waals surface area contributed by atoms with Gasteiger partial charge in [0.15, 0.2) is 0 Å². The molecule has 1 rings (SSSR count). The lowest BCUT2D eigenvalue weighted by molar-refractivity contribution is -0.150. The summed E-state index contributed by atoms with van der Waals surface area (Å²) in [6.07, 6.45) is 0.399. The molecule has 1 unspecified atom stereocenters. The molecule has 1 saturated heterocycles. The SMILES string of the molecule is CC(C)[C@@H](C(=O)O)N1CC(Br)CC1=O. The third-order valence-electron chi connectivity index (χ3n) is 2.33. The number of aliphatic carboxylic acids is 1. The zero-order valence-corrected chi connectivity index (χ0v) is 9.82. The van der Waals surface area contributed by atoms with Gasteiger partial charge in [-0.3, -0.25) is 4.79 Å². The van der Waals surface area contributed by atoms with Gasteiger partial charge in [-0.1, -0.05) is 29.8 Å². The Labute approximate surface area is 91.4 Å². The van der Waals surface area contributed by atoms with Gasteiger partial charge in [0, 0.05) is 17.8 Å². The number of nitrogens with zero attached hydrogens (tertiary/aromatic N) is 1. The summed E-state index contributed by atoms with van der Waals surface area (Å²) >= 11 is 3.33. The minimum Gasteiger partial charge on any atom is -0.480 e. The van der Waals surface area contributed by atoms with E-state index in [9.17, 15) is 9.59 Å². The minimum absolute atomic E-state index is 0.0609. The number of carbonyl (C=O) groups excluding carboxylic acids is 1. The van der Waals surface area contributed by atoms with E-state index in [1.54, 1.807) is 0 Å². The van der Waals surface area contributed by atoms with Gasteiger partial charge in [0.1, 0.15) is 6.04 Å². The first-order valence-corrected chi connectivity index (χ1v) is 5.51. The quantitative estimate of drug-likeness (QED) is 0.776. The molecule has 0 aliphatic carbocycles. The van der Waals surface area contributed by atoms with Gasteiger partial charge in [-0.05, 0) is 5.92 Å². The molecule has 0 saturated carbocycles. The summed E-state index contributed by atoms with van der Waals surface area (Å²) < 4.78 is 0. The molecule has 2 atom stereocenters. The van der Waals surface area contributed by atoms with E-state index in [1.165, 1.54) is 4.90 Å². The fourth-order valence-electron chi connectivity index (χ4n) is 1.73. The highest BCUT2D eigenvalue weighted by atomic mass is 79.9. The summed E-state index contributed by atoms with van der Waals surface area (Å²) in [6, 6.07) is -0.690. The van der Waals surface area contributed by atoms with Crippen molar-refractivity contribution in [2.24, 2.45) is 5.92 Å². The van der Waals surface area contributed by atoms with Crippen molar-refractivity contribution in [2.45, 2.75) is 31.1 Å². The standard InChI is InChI=1S/C9H14BrNO3/c1-5(2)8(9(13)14)11-4-6(10)3-7(11)12/h5-6,8H,3-4H2,1-2H3,(H,13,14)/t6?,8-/m0/s1. The van der Waals surface area contributed by atoms with Crippen molar-refractivity contribution in [3.8, 4) is 0 Å². The highest BCUT2D eigenvalue weighted by Gasteiger charge is 2.38. The predicted octanol–water partition coefficient (Wildman–Crippen LogP) is 1.09. The lowest BCUT2D eigenvalue weighted by Crippen LogP contribution is -2.45. The Morgan fingerprint density at radius 2 is 2.21 bits per heavy atom. The van der Waals surface area contributed by atoms with Crippen LogP contribution in [0.25, 0.3) is 0 Å². The number of carbonyl (C=O) groups is 2. The van der Waals surface area contributed by atoms with E-state index in [-0.39, 0.29) is 16.7 Å². The van der Waals surface area contributed by atoms with Crippen LogP contribution in [0, 0.1) is 5.92 Å². The van der Waals surface area contributed by atoms with E-state index in [1.807, 2.05) is 13.8 Å². The van der Waals surface area contributed by atoms with Crippen molar-refractivity contribution < 1.29 is 14.7 Å². The summed E-state index contributed by atoms with van der Waals surface area (Å²) in [5.41, 5.74) is 0. The number of hydrogen-bond acceptors (Lipinski definition) is 2. The molecule has 0 radical (unpaired) electrons. The van der Waals surface area contributed by atoms with E-state index in [0.717, 1.165) is 0 Å². The molecular formula is C9H14BrNO3. The molecule has 0 aromatic heterocycles. The normalized spacial score (nSPS) is 24.4. The molecule has 80 valence electrons. The van der Waals surface area contributed by atoms with Crippen LogP contribution in [0.15, 0.2) is 0 Å². The molecule has 1 fully saturated rings. The van der Waals surface area contributed by atoms with E-state index < -0.39 is 12.0 Å². The zero-order chi connectivity index (χ0) is 10.9. The molecule has 5 heteroatoms. The Kier molecular flexibility index (Phi) is 3.53. The number of amides is 1. The smallest absolute Gasteiger partial charge is 0.326 e. The first kappa shape index (κ1) is 11.5. The van der Waals surface area contributed by atoms with Crippen LogP contribution in [0.3, 0.4) is 0 Å². The van der Waals surface area contributed by atoms with E-state index >= 15 is 0 Å². The highest BCUT2D eigenvalue weighted by molar-refractivity contribution is 9.09. The lowest BCUT2D eigenvalue weighted by Gasteiger charge is -2.27. The molecular weight excluding hydrogens is 250 g/mol. The molecule has 14 heavy (non-hydrogen) atoms. The Morgan fingerprint density at radius 3 is 2.50 bits per heavy atom. The van der Waals surface area contributed by atoms with E-state index in [4.69, 9.17) is 5.11 Å². The Bertz CT molecular complexity index is 254. The second-order valence-corrected chi connectivity index (χ2v) is 5.17. The largest absolute Gasteiger partial charge is 0.480 e. The summed E-state index contributed by atoms with van der Waals surface area (Å²) in [7, 11) is 0. The molecule has 0 spiro atoms. The summed E-state index contributed by atoms with van der Waals surface area (Å²) in [5, 5.41) is 9.00. The lowest BCUT2D eigenvalue weighted by atomic mass is 10.0. The van der Waals surface area contributed by atoms with Gasteiger partial charge in [0.05, 0.1) is 0 Å². The number of alkyl halides is 1. The first-order valence-electron chi connectivity index (χ1n) is 4.59. The Hall–Kier alpha value is -0.580. The molecule has 1 N–H and O–H groups in total. The van der Waals surface area contributed by atoms with Crippen LogP contribution in [0.4, 0.5) is 0 Å². The number of halogens is 1. The molecule has 0 aromatic carbocycles. The van der Waals surface area contributed by atoms with Gasteiger partial charge in [0.25, 0.3) is 0 Å². The van der Waals surface area contributed by atoms with Gasteiger partial charge in [-0.2, -0.15) is 0 Å². The molecule has 1 aliphatic rings. The minimum atomic E-state index is -0.921. The summed E-state index contributed by atoms with van der Waals surface area (Å²) in [5.74, 6) is -1.06. The van der Waals surface area contributed by atoms with Crippen molar-refractivity contribution in [3.63, 3.8) is 0 Å². The monoisotopic (exact) mass is 263 g/mol. The maximum absolute atomic E-state index is 11.5. The van der Waals surface area contributed by atoms with Gasteiger partial charge in [-0.15, -0.1) is 0 Å². The van der Waals surface area contributed by atoms with E-state index in [0.29, 0.717) is 13.0 Å². The van der Waals surface area contributed by atoms with Crippen molar-refractivity contribution >= 4 is 27.8 Å². The van der Waals surface area contributed by atoms with Gasteiger partial charge >= 0.3 is 5.97 Å². The maximum Gasteiger partial charge on any atom is 0.326 e. The Morgan fingerprint density at radius 1 is 1.64 bits per heavy atom. The highest BCUT2D eigenvalue weighted by Crippen LogP contribution is 2.23. The molecule has 0 aromatic rings. The fraction of sp³-hybridized carbons (Fsp3) is 0.778. The van der Waals surface area contributed by atoms with E-state index in [2.05, 4.69) is 15.9 Å². The van der Waals surface area contributed by atoms with Gasteiger partial charge in [-0.25, -0.2) is 4.79 Å². The number of carboxylic acid groups (broad SMARTS) is 1. The third kappa shape index (κ3) is 2.26. The molecule has 1 heterocycles. The molecule has 0 bridgehead atoms. The van der Waals surface area contributed by atoms with Crippen molar-refractivity contribution in [3.05, 3.63) is 0 Å². The van der Waals surface area contributed by atoms with Crippen molar-refractivity contribution in [1.82, 2.24) is 4.90 Å². The van der Waals surface area contributed by atoms with Crippen LogP contribution in [0.1, 0.15) is 20.3 Å². The molecule has 1 aliphatic heterocycles. The number of carboxylic acids is 1. The average molecular weight is 264 g/mol. The topological polar surface area (TPSA) is 57.6 Å². The van der Waals surface area contributed by atoms with Crippen LogP contribution in [0.5, 0.6) is 0 Å². The molecule has 1 amide bonds. The second kappa shape index (κ2) is 4.29. The maximum atomic E-state index is 11.5. The van der Waals surface area contributed by atoms with Gasteiger partial charge in [0.2, 0.25) is 5.91 Å². The molecule has 4 nitrogen and oxygen atoms in total. The van der Waals surface area contributed by atoms with Crippen LogP contribution in [0.2, 0.25) is 0 Å². The number of rotatable bonds is 3. The second-order valence-electron chi connectivity index (χ2n) is 3.87. The third-order valence-corrected chi connectivity index (χ3v) is 2.94. The van der Waals surface area contributed by atoms with Crippen LogP contribution < -0.4 is 0 Å². The van der Waals surface area contributed by atoms with Crippen LogP contribution >= 0.6 is 15.9 Å². The fourth-order valence-corrected chi connectivity index (χ4v) is 2.32. The number of hydrogen-bond donors (Lipinski definition) is 1. The Balaban J connectivity index is 2.79. The van der Waals surface area contributed by atoms with Crippen molar-refractivity contribution in [2.75, 3.05) is 6.54 Å². The van der Waals surface area contributed by atoms with Gasteiger partial charge < -0.3 is 10.0 Å². The summed E-state index contributed by atoms with van der Waals surface area (Å²) in [6.45, 7) is 4.12. The summed E-state index contributed by atoms with van der Waals surface area (Å²) in [4.78, 5) is 24.0. The zero-order valence-electron chi connectivity index (χ0n) is 8.24. The van der Waals surface area contributed by atoms with Crippen LogP contribution in [-0.4, -0.2) is 39.3 Å². The van der Waals surface area contributed by atoms with Crippen LogP contribution in [-0.2, 0) is 9.59 Å². The predicted molar refractivity (Wildman–Crippen MR) is 55.3 cm³/mol. The van der Waals surface area contributed by atoms with Crippen molar-refractivity contribution in [1.29, 1.82) is 0 Å². The first-order chi connectivity index (χ1) is 6.43.